The highest BCUT2D eigenvalue weighted by molar-refractivity contribution is 5.79. The monoisotopic (exact) mass is 414 g/mol. The molecule has 1 aliphatic rings. The van der Waals surface area contributed by atoms with E-state index in [-0.39, 0.29) is 11.5 Å². The van der Waals surface area contributed by atoms with Crippen LogP contribution in [0.1, 0.15) is 19.4 Å². The van der Waals surface area contributed by atoms with Gasteiger partial charge in [-0.2, -0.15) is 8.78 Å². The van der Waals surface area contributed by atoms with Crippen LogP contribution >= 0.6 is 0 Å². The molecule has 1 heterocycles. The topological polar surface area (TPSA) is 67.4 Å². The minimum atomic E-state index is -2.91. The second-order valence-corrected chi connectivity index (χ2v) is 7.13. The number of nitrogens with one attached hydrogen (secondary N) is 2. The number of hydrogen-bond acceptors (Lipinski definition) is 5. The lowest BCUT2D eigenvalue weighted by Crippen LogP contribution is -2.52. The fraction of sp³-hybridized carbons (Fsp3) is 0.650. The van der Waals surface area contributed by atoms with Crippen LogP contribution in [0.2, 0.25) is 0 Å². The predicted molar refractivity (Wildman–Crippen MR) is 109 cm³/mol. The Balaban J connectivity index is 1.92. The fourth-order valence-corrected chi connectivity index (χ4v) is 3.32. The quantitative estimate of drug-likeness (QED) is 0.478. The van der Waals surface area contributed by atoms with Gasteiger partial charge in [0.05, 0.1) is 20.3 Å². The summed E-state index contributed by atoms with van der Waals surface area (Å²) in [7, 11) is 3.12. The van der Waals surface area contributed by atoms with Gasteiger partial charge in [-0.15, -0.1) is 0 Å². The highest BCUT2D eigenvalue weighted by Crippen LogP contribution is 2.29. The van der Waals surface area contributed by atoms with E-state index in [1.54, 1.807) is 19.2 Å². The number of guanidine groups is 1. The molecule has 29 heavy (non-hydrogen) atoms. The normalized spacial score (nSPS) is 16.8. The number of aliphatic imine (C=N–C) groups is 1. The Hall–Kier alpha value is -2.13. The van der Waals surface area contributed by atoms with E-state index in [1.165, 1.54) is 13.2 Å². The summed E-state index contributed by atoms with van der Waals surface area (Å²) in [6.45, 7) is 6.04. The summed E-state index contributed by atoms with van der Waals surface area (Å²) in [4.78, 5) is 6.70. The Morgan fingerprint density at radius 3 is 2.52 bits per heavy atom. The van der Waals surface area contributed by atoms with E-state index in [0.717, 1.165) is 38.4 Å². The molecule has 0 spiro atoms. The van der Waals surface area contributed by atoms with Gasteiger partial charge < -0.3 is 24.8 Å². The number of morpholine rings is 1. The van der Waals surface area contributed by atoms with Crippen molar-refractivity contribution in [3.05, 3.63) is 23.8 Å². The van der Waals surface area contributed by atoms with Gasteiger partial charge in [0.2, 0.25) is 0 Å². The first kappa shape index (κ1) is 23.2. The van der Waals surface area contributed by atoms with E-state index in [9.17, 15) is 8.78 Å². The highest BCUT2D eigenvalue weighted by atomic mass is 19.3. The van der Waals surface area contributed by atoms with Crippen LogP contribution in [-0.4, -0.2) is 70.5 Å². The first-order valence-electron chi connectivity index (χ1n) is 9.82. The van der Waals surface area contributed by atoms with Crippen LogP contribution in [0, 0.1) is 5.92 Å². The van der Waals surface area contributed by atoms with Crippen LogP contribution in [0.4, 0.5) is 8.78 Å². The molecule has 9 heteroatoms. The van der Waals surface area contributed by atoms with Crippen LogP contribution in [-0.2, 0) is 11.3 Å². The minimum absolute atomic E-state index is 0.0111. The number of benzene rings is 1. The molecule has 1 saturated heterocycles. The largest absolute Gasteiger partial charge is 0.493 e. The van der Waals surface area contributed by atoms with E-state index < -0.39 is 6.61 Å². The van der Waals surface area contributed by atoms with Crippen molar-refractivity contribution in [2.24, 2.45) is 10.9 Å². The molecule has 7 nitrogen and oxygen atoms in total. The molecule has 2 rings (SSSR count). The second-order valence-electron chi connectivity index (χ2n) is 7.13. The standard InChI is InChI=1S/C20H32F2N4O3/c1-14(2)16(26-7-9-28-10-8-26)13-25-20(23-3)24-12-15-5-6-17(27-4)18(11-15)29-19(21)22/h5-6,11,14,16,19H,7-10,12-13H2,1-4H3,(H2,23,24,25). The van der Waals surface area contributed by atoms with Gasteiger partial charge in [0.1, 0.15) is 0 Å². The van der Waals surface area contributed by atoms with Gasteiger partial charge in [0.15, 0.2) is 17.5 Å². The molecule has 0 aliphatic carbocycles. The predicted octanol–water partition coefficient (Wildman–Crippen LogP) is 2.32. The molecule has 1 atom stereocenters. The summed E-state index contributed by atoms with van der Waals surface area (Å²) in [5.74, 6) is 1.41. The number of halogens is 2. The summed E-state index contributed by atoms with van der Waals surface area (Å²) in [6, 6.07) is 5.31. The van der Waals surface area contributed by atoms with Crippen molar-refractivity contribution >= 4 is 5.96 Å². The van der Waals surface area contributed by atoms with Crippen LogP contribution in [0.3, 0.4) is 0 Å². The summed E-state index contributed by atoms with van der Waals surface area (Å²) in [5.41, 5.74) is 0.776. The third kappa shape index (κ3) is 7.32. The Kier molecular flexibility index (Phi) is 9.40. The average molecular weight is 414 g/mol. The lowest BCUT2D eigenvalue weighted by atomic mass is 10.0. The van der Waals surface area contributed by atoms with Gasteiger partial charge in [0, 0.05) is 39.3 Å². The van der Waals surface area contributed by atoms with Crippen molar-refractivity contribution in [3.8, 4) is 11.5 Å². The molecule has 1 unspecified atom stereocenters. The number of rotatable bonds is 9. The van der Waals surface area contributed by atoms with Gasteiger partial charge in [-0.05, 0) is 23.6 Å². The first-order chi connectivity index (χ1) is 13.9. The smallest absolute Gasteiger partial charge is 0.387 e. The number of methoxy groups -OCH3 is 1. The van der Waals surface area contributed by atoms with Gasteiger partial charge in [0.25, 0.3) is 0 Å². The Morgan fingerprint density at radius 1 is 1.21 bits per heavy atom. The first-order valence-corrected chi connectivity index (χ1v) is 9.82. The molecule has 0 radical (unpaired) electrons. The second kappa shape index (κ2) is 11.8. The zero-order chi connectivity index (χ0) is 21.2. The summed E-state index contributed by atoms with van der Waals surface area (Å²) >= 11 is 0. The van der Waals surface area contributed by atoms with Crippen LogP contribution in [0.25, 0.3) is 0 Å². The van der Waals surface area contributed by atoms with Crippen LogP contribution < -0.4 is 20.1 Å². The van der Waals surface area contributed by atoms with Crippen LogP contribution in [0.5, 0.6) is 11.5 Å². The molecule has 0 bridgehead atoms. The average Bonchev–Trinajstić information content (AvgIpc) is 2.70. The molecule has 0 saturated carbocycles. The molecule has 1 aromatic carbocycles. The molecule has 164 valence electrons. The fourth-order valence-electron chi connectivity index (χ4n) is 3.32. The van der Waals surface area contributed by atoms with Gasteiger partial charge in [-0.3, -0.25) is 9.89 Å². The molecular formula is C20H32F2N4O3. The van der Waals surface area contributed by atoms with E-state index in [2.05, 4.69) is 39.1 Å². The lowest BCUT2D eigenvalue weighted by molar-refractivity contribution is -0.0512. The van der Waals surface area contributed by atoms with E-state index in [4.69, 9.17) is 9.47 Å². The lowest BCUT2D eigenvalue weighted by Gasteiger charge is -2.37. The maximum atomic E-state index is 12.6. The van der Waals surface area contributed by atoms with Crippen molar-refractivity contribution in [1.29, 1.82) is 0 Å². The Bertz CT molecular complexity index is 653. The van der Waals surface area contributed by atoms with Crippen molar-refractivity contribution in [2.45, 2.75) is 33.0 Å². The maximum absolute atomic E-state index is 12.6. The molecule has 1 aromatic rings. The third-order valence-electron chi connectivity index (χ3n) is 4.89. The third-order valence-corrected chi connectivity index (χ3v) is 4.89. The van der Waals surface area contributed by atoms with Gasteiger partial charge in [-0.1, -0.05) is 19.9 Å². The highest BCUT2D eigenvalue weighted by Gasteiger charge is 2.23. The molecule has 1 fully saturated rings. The zero-order valence-electron chi connectivity index (χ0n) is 17.6. The molecular weight excluding hydrogens is 382 g/mol. The van der Waals surface area contributed by atoms with Crippen molar-refractivity contribution in [2.75, 3.05) is 47.0 Å². The molecule has 1 aliphatic heterocycles. The maximum Gasteiger partial charge on any atom is 0.387 e. The van der Waals surface area contributed by atoms with E-state index in [0.29, 0.717) is 24.5 Å². The number of hydrogen-bond donors (Lipinski definition) is 2. The Labute approximate surface area is 171 Å². The summed E-state index contributed by atoms with van der Waals surface area (Å²) in [5, 5.41) is 6.58. The number of nitrogens with zero attached hydrogens (tertiary/aromatic N) is 2. The van der Waals surface area contributed by atoms with Crippen LogP contribution in [0.15, 0.2) is 23.2 Å². The van der Waals surface area contributed by atoms with Crippen molar-refractivity contribution < 1.29 is 23.0 Å². The zero-order valence-corrected chi connectivity index (χ0v) is 17.6. The van der Waals surface area contributed by atoms with E-state index >= 15 is 0 Å². The van der Waals surface area contributed by atoms with Gasteiger partial charge in [-0.25, -0.2) is 0 Å². The number of alkyl halides is 2. The Morgan fingerprint density at radius 2 is 1.93 bits per heavy atom. The minimum Gasteiger partial charge on any atom is -0.493 e. The molecule has 0 aromatic heterocycles. The summed E-state index contributed by atoms with van der Waals surface area (Å²) in [6.07, 6.45) is 0. The van der Waals surface area contributed by atoms with Crippen molar-refractivity contribution in [3.63, 3.8) is 0 Å². The number of ether oxygens (including phenoxy) is 3. The van der Waals surface area contributed by atoms with E-state index in [1.807, 2.05) is 0 Å². The molecule has 2 N–H and O–H groups in total. The van der Waals surface area contributed by atoms with Crippen molar-refractivity contribution in [1.82, 2.24) is 15.5 Å². The van der Waals surface area contributed by atoms with Gasteiger partial charge >= 0.3 is 6.61 Å². The summed E-state index contributed by atoms with van der Waals surface area (Å²) < 4.78 is 40.2. The SMILES string of the molecule is CN=C(NCc1ccc(OC)c(OC(F)F)c1)NCC(C(C)C)N1CCOCC1. The molecule has 0 amide bonds.